The summed E-state index contributed by atoms with van der Waals surface area (Å²) >= 11 is 4.23. The van der Waals surface area contributed by atoms with Crippen LogP contribution < -0.4 is 28.5 Å². The van der Waals surface area contributed by atoms with Gasteiger partial charge in [-0.25, -0.2) is 18.6 Å². The topological polar surface area (TPSA) is 169 Å². The molecule has 5 rings (SSSR count). The fourth-order valence-corrected chi connectivity index (χ4v) is 4.50. The molecule has 190 valence electrons. The molecule has 13 heteroatoms. The fraction of sp³-hybridized carbons (Fsp3) is 0.208. The summed E-state index contributed by atoms with van der Waals surface area (Å²) in [6.45, 7) is 0.544. The Morgan fingerprint density at radius 2 is 1.89 bits per heavy atom. The van der Waals surface area contributed by atoms with Crippen molar-refractivity contribution >= 4 is 35.1 Å². The summed E-state index contributed by atoms with van der Waals surface area (Å²) in [5.74, 6) is 2.57. The van der Waals surface area contributed by atoms with Gasteiger partial charge in [0.2, 0.25) is 17.2 Å². The number of fused-ring (bicyclic) bond motifs is 2. The van der Waals surface area contributed by atoms with Crippen molar-refractivity contribution in [3.63, 3.8) is 0 Å². The third-order valence-corrected chi connectivity index (χ3v) is 6.05. The van der Waals surface area contributed by atoms with E-state index < -0.39 is 10.2 Å². The number of hydrogen-bond acceptors (Lipinski definition) is 9. The number of halogens is 1. The maximum absolute atomic E-state index is 12.9. The molecule has 0 aliphatic heterocycles. The number of anilines is 1. The van der Waals surface area contributed by atoms with E-state index in [2.05, 4.69) is 50.0 Å². The minimum absolute atomic E-state index is 0.213. The van der Waals surface area contributed by atoms with Crippen molar-refractivity contribution in [3.8, 4) is 18.0 Å². The van der Waals surface area contributed by atoms with Crippen molar-refractivity contribution in [1.82, 2.24) is 20.2 Å². The van der Waals surface area contributed by atoms with Gasteiger partial charge in [0, 0.05) is 34.7 Å². The van der Waals surface area contributed by atoms with E-state index in [0.717, 1.165) is 29.4 Å². The van der Waals surface area contributed by atoms with Gasteiger partial charge in [-0.05, 0) is 72.0 Å². The van der Waals surface area contributed by atoms with E-state index in [-0.39, 0.29) is 5.91 Å². The highest BCUT2D eigenvalue weighted by molar-refractivity contribution is 7.80. The van der Waals surface area contributed by atoms with E-state index in [9.17, 15) is 4.79 Å². The largest absolute Gasteiger partial charge is 0.322 e. The smallest absolute Gasteiger partial charge is 0.255 e. The average Bonchev–Trinajstić information content (AvgIpc) is 3.29. The molecule has 0 radical (unpaired) electrons. The van der Waals surface area contributed by atoms with E-state index in [0.29, 0.717) is 23.0 Å². The number of amides is 1. The second-order valence-electron chi connectivity index (χ2n) is 8.16. The molecule has 2 aromatic heterocycles. The zero-order valence-electron chi connectivity index (χ0n) is 19.3. The van der Waals surface area contributed by atoms with Crippen molar-refractivity contribution in [2.24, 2.45) is 0 Å². The summed E-state index contributed by atoms with van der Waals surface area (Å²) in [7, 11) is -4.94. The van der Waals surface area contributed by atoms with Gasteiger partial charge in [0.25, 0.3) is 5.91 Å². The van der Waals surface area contributed by atoms with Crippen LogP contribution in [0, 0.1) is 22.6 Å². The number of carbonyl (C=O) groups is 1. The quantitative estimate of drug-likeness (QED) is 0.177. The van der Waals surface area contributed by atoms with Gasteiger partial charge in [0.1, 0.15) is 0 Å². The molecule has 1 aliphatic rings. The number of tetrazole rings is 1. The summed E-state index contributed by atoms with van der Waals surface area (Å²) in [6, 6.07) is 15.3. The first-order valence-electron chi connectivity index (χ1n) is 11.1. The number of terminal acetylenes is 1. The number of benzene rings is 2. The molecule has 1 aliphatic carbocycles. The highest BCUT2D eigenvalue weighted by Gasteiger charge is 2.23. The molecule has 0 spiro atoms. The Kier molecular flexibility index (Phi) is 8.03. The van der Waals surface area contributed by atoms with Gasteiger partial charge in [-0.1, -0.05) is 6.07 Å². The minimum atomic E-state index is -4.94. The lowest BCUT2D eigenvalue weighted by Gasteiger charge is -2.17. The Hall–Kier alpha value is -3.57. The van der Waals surface area contributed by atoms with Gasteiger partial charge in [0.15, 0.2) is 5.69 Å². The lowest BCUT2D eigenvalue weighted by Crippen LogP contribution is -2.68. The van der Waals surface area contributed by atoms with Crippen LogP contribution in [0.25, 0.3) is 16.6 Å². The number of carbonyl (C=O) groups excluding carboxylic acids is 1. The van der Waals surface area contributed by atoms with Crippen LogP contribution in [0.5, 0.6) is 0 Å². The van der Waals surface area contributed by atoms with Crippen LogP contribution in [0.15, 0.2) is 53.7 Å². The molecule has 0 saturated carbocycles. The van der Waals surface area contributed by atoms with Crippen LogP contribution in [-0.2, 0) is 19.4 Å². The van der Waals surface area contributed by atoms with Gasteiger partial charge in [-0.15, -0.1) is 34.4 Å². The molecule has 2 heterocycles. The van der Waals surface area contributed by atoms with Crippen LogP contribution >= 0.6 is 12.6 Å². The predicted molar refractivity (Wildman–Crippen MR) is 124 cm³/mol. The maximum atomic E-state index is 12.9. The number of nitrogens with zero attached hydrogens (tertiary/aromatic N) is 5. The van der Waals surface area contributed by atoms with Crippen LogP contribution in [0.1, 0.15) is 34.5 Å². The summed E-state index contributed by atoms with van der Waals surface area (Å²) in [4.78, 5) is 12.9. The minimum Gasteiger partial charge on any atom is -0.322 e. The fourth-order valence-electron chi connectivity index (χ4n) is 4.31. The van der Waals surface area contributed by atoms with E-state index in [1.54, 1.807) is 18.2 Å². The summed E-state index contributed by atoms with van der Waals surface area (Å²) in [6.07, 6.45) is 10.1. The van der Waals surface area contributed by atoms with Crippen LogP contribution in [0.2, 0.25) is 0 Å². The highest BCUT2D eigenvalue weighted by atomic mass is 35.7. The first-order chi connectivity index (χ1) is 17.6. The molecule has 11 nitrogen and oxygen atoms in total. The Balaban J connectivity index is 0.000000586. The molecular formula is C24H21ClN6O5S. The first-order valence-corrected chi connectivity index (χ1v) is 12.7. The van der Waals surface area contributed by atoms with Gasteiger partial charge in [0.05, 0.1) is 5.69 Å². The molecule has 0 atom stereocenters. The van der Waals surface area contributed by atoms with Crippen molar-refractivity contribution in [2.45, 2.75) is 37.4 Å². The third kappa shape index (κ3) is 6.60. The van der Waals surface area contributed by atoms with Crippen LogP contribution in [-0.4, -0.2) is 26.1 Å². The number of pyridine rings is 1. The van der Waals surface area contributed by atoms with E-state index in [4.69, 9.17) is 25.1 Å². The number of nitrogens with one attached hydrogen (secondary N) is 1. The molecule has 0 unspecified atom stereocenters. The zero-order valence-corrected chi connectivity index (χ0v) is 21.0. The lowest BCUT2D eigenvalue weighted by molar-refractivity contribution is -2.00. The molecule has 37 heavy (non-hydrogen) atoms. The van der Waals surface area contributed by atoms with Gasteiger partial charge in [-0.3, -0.25) is 4.79 Å². The van der Waals surface area contributed by atoms with E-state index in [1.807, 2.05) is 24.3 Å². The van der Waals surface area contributed by atoms with Crippen molar-refractivity contribution < 1.29 is 38.2 Å². The molecule has 0 fully saturated rings. The Bertz CT molecular complexity index is 1490. The normalized spacial score (nSPS) is 12.8. The van der Waals surface area contributed by atoms with Gasteiger partial charge in [-0.2, -0.15) is 9.25 Å². The van der Waals surface area contributed by atoms with Crippen LogP contribution in [0.4, 0.5) is 5.69 Å². The molecular weight excluding hydrogens is 520 g/mol. The number of aromatic nitrogens is 5. The van der Waals surface area contributed by atoms with E-state index >= 15 is 0 Å². The number of hydrogen-bond donors (Lipinski definition) is 2. The molecule has 0 bridgehead atoms. The second kappa shape index (κ2) is 11.2. The average molecular weight is 541 g/mol. The first kappa shape index (κ1) is 26.5. The monoisotopic (exact) mass is 540 g/mol. The van der Waals surface area contributed by atoms with Gasteiger partial charge >= 0.3 is 0 Å². The molecule has 2 aromatic carbocycles. The Labute approximate surface area is 219 Å². The second-order valence-corrected chi connectivity index (χ2v) is 9.32. The number of rotatable bonds is 4. The zero-order chi connectivity index (χ0) is 26.6. The van der Waals surface area contributed by atoms with Crippen molar-refractivity contribution in [1.29, 1.82) is 0 Å². The van der Waals surface area contributed by atoms with E-state index in [1.165, 1.54) is 28.8 Å². The Morgan fingerprint density at radius 3 is 2.59 bits per heavy atom. The summed E-state index contributed by atoms with van der Waals surface area (Å²) in [5.41, 5.74) is 5.66. The molecule has 1 N–H and O–H groups in total. The summed E-state index contributed by atoms with van der Waals surface area (Å²) in [5, 5.41) is 15.7. The molecule has 0 saturated heterocycles. The molecule has 1 amide bonds. The predicted octanol–water partition coefficient (Wildman–Crippen LogP) is -1.60. The Morgan fingerprint density at radius 1 is 1.14 bits per heavy atom. The highest BCUT2D eigenvalue weighted by Crippen LogP contribution is 2.25. The van der Waals surface area contributed by atoms with Crippen LogP contribution in [0.3, 0.4) is 0 Å². The molecule has 4 aromatic rings. The lowest BCUT2D eigenvalue weighted by atomic mass is 9.94. The number of thiol groups is 1. The third-order valence-electron chi connectivity index (χ3n) is 5.77. The van der Waals surface area contributed by atoms with Crippen molar-refractivity contribution in [2.75, 3.05) is 5.32 Å². The summed E-state index contributed by atoms with van der Waals surface area (Å²) < 4.78 is 37.7. The SMILES string of the molecule is C#CC[n+]1c2c(cc3cc(NC(=O)c4cccc(-n5nnnc5S)c4)ccc31)CCCC2.[O-][Cl+3]([O-])([O-])[O-]. The standard InChI is InChI=1S/C24H20N6OS.ClHO4/c1-2-12-29-21-9-4-3-6-16(21)13-18-14-19(10-11-22(18)29)25-23(31)17-7-5-8-20(15-17)30-24(32)26-27-28-30;2-1(3,4)5/h1,5,7-8,10-11,13-15H,3-4,6,9,12H2,(H-,25,26,28,31,32);(H,2,3,4,5). The van der Waals surface area contributed by atoms with Gasteiger partial charge < -0.3 is 5.32 Å². The number of aryl methyl sites for hydroxylation is 1. The van der Waals surface area contributed by atoms with Crippen molar-refractivity contribution in [3.05, 3.63) is 65.4 Å². The maximum Gasteiger partial charge on any atom is 0.255 e.